The van der Waals surface area contributed by atoms with E-state index in [-0.39, 0.29) is 18.7 Å². The summed E-state index contributed by atoms with van der Waals surface area (Å²) in [5, 5.41) is 12.2. The van der Waals surface area contributed by atoms with Crippen LogP contribution < -0.4 is 19.5 Å². The zero-order chi connectivity index (χ0) is 23.5. The highest BCUT2D eigenvalue weighted by Gasteiger charge is 2.15. The molecular weight excluding hydrogens is 480 g/mol. The Labute approximate surface area is 194 Å². The molecule has 0 spiro atoms. The monoisotopic (exact) mass is 502 g/mol. The van der Waals surface area contributed by atoms with Crippen LogP contribution in [0.25, 0.3) is 6.08 Å². The minimum atomic E-state index is -0.538. The summed E-state index contributed by atoms with van der Waals surface area (Å²) in [6.07, 6.45) is 1.45. The molecule has 0 saturated carbocycles. The number of carbonyl (C=O) groups excluding carboxylic acids is 2. The van der Waals surface area contributed by atoms with Crippen molar-refractivity contribution >= 4 is 33.9 Å². The van der Waals surface area contributed by atoms with Gasteiger partial charge in [-0.05, 0) is 64.3 Å². The Morgan fingerprint density at radius 1 is 1.16 bits per heavy atom. The van der Waals surface area contributed by atoms with E-state index in [0.717, 1.165) is 5.56 Å². The summed E-state index contributed by atoms with van der Waals surface area (Å²) in [5.74, 6) is 0.337. The van der Waals surface area contributed by atoms with Crippen molar-refractivity contribution in [2.45, 2.75) is 13.5 Å². The summed E-state index contributed by atoms with van der Waals surface area (Å²) in [6, 6.07) is 12.4. The molecule has 0 heterocycles. The molecule has 0 unspecified atom stereocenters. The van der Waals surface area contributed by atoms with Crippen LogP contribution in [0.1, 0.15) is 18.1 Å². The summed E-state index contributed by atoms with van der Waals surface area (Å²) < 4.78 is 21.3. The van der Waals surface area contributed by atoms with Crippen LogP contribution in [-0.2, 0) is 20.9 Å². The third-order valence-electron chi connectivity index (χ3n) is 4.18. The molecule has 0 atom stereocenters. The Kier molecular flexibility index (Phi) is 9.57. The lowest BCUT2D eigenvalue weighted by atomic mass is 10.1. The molecule has 8 nitrogen and oxygen atoms in total. The van der Waals surface area contributed by atoms with Crippen LogP contribution in [0.15, 0.2) is 46.4 Å². The van der Waals surface area contributed by atoms with Crippen molar-refractivity contribution in [2.75, 3.05) is 27.4 Å². The molecule has 1 amide bonds. The number of benzene rings is 2. The van der Waals surface area contributed by atoms with E-state index < -0.39 is 11.9 Å². The highest BCUT2D eigenvalue weighted by atomic mass is 79.9. The number of ether oxygens (including phenoxy) is 4. The summed E-state index contributed by atoms with van der Waals surface area (Å²) in [5.41, 5.74) is 1.34. The predicted octanol–water partition coefficient (Wildman–Crippen LogP) is 3.63. The van der Waals surface area contributed by atoms with Crippen molar-refractivity contribution in [1.82, 2.24) is 5.32 Å². The third kappa shape index (κ3) is 7.03. The molecular formula is C23H23BrN2O6. The minimum absolute atomic E-state index is 0.0731. The van der Waals surface area contributed by atoms with Crippen LogP contribution in [0.2, 0.25) is 0 Å². The van der Waals surface area contributed by atoms with Gasteiger partial charge in [-0.2, -0.15) is 5.26 Å². The zero-order valence-corrected chi connectivity index (χ0v) is 19.5. The Morgan fingerprint density at radius 2 is 1.88 bits per heavy atom. The Balaban J connectivity index is 2.19. The molecule has 0 aliphatic heterocycles. The van der Waals surface area contributed by atoms with Crippen LogP contribution in [-0.4, -0.2) is 39.3 Å². The molecule has 9 heteroatoms. The minimum Gasteiger partial charge on any atom is -0.497 e. The normalized spacial score (nSPS) is 10.7. The van der Waals surface area contributed by atoms with Gasteiger partial charge in [0.2, 0.25) is 0 Å². The molecule has 0 fully saturated rings. The van der Waals surface area contributed by atoms with E-state index in [1.54, 1.807) is 38.3 Å². The number of amides is 1. The maximum Gasteiger partial charge on any atom is 0.343 e. The number of nitriles is 1. The fraction of sp³-hybridized carbons (Fsp3) is 0.261. The molecule has 1 N–H and O–H groups in total. The lowest BCUT2D eigenvalue weighted by Gasteiger charge is -2.14. The molecule has 2 aromatic rings. The number of esters is 1. The van der Waals surface area contributed by atoms with Crippen LogP contribution in [0.5, 0.6) is 17.2 Å². The molecule has 0 aliphatic carbocycles. The molecule has 0 aromatic heterocycles. The highest BCUT2D eigenvalue weighted by molar-refractivity contribution is 9.10. The van der Waals surface area contributed by atoms with Crippen LogP contribution in [0.3, 0.4) is 0 Å². The van der Waals surface area contributed by atoms with Crippen molar-refractivity contribution in [3.8, 4) is 23.3 Å². The highest BCUT2D eigenvalue weighted by Crippen LogP contribution is 2.37. The van der Waals surface area contributed by atoms with Gasteiger partial charge in [0.15, 0.2) is 18.1 Å². The number of halogens is 1. The number of nitrogens with zero attached hydrogens (tertiary/aromatic N) is 1. The standard InChI is InChI=1S/C23H23BrN2O6/c1-4-31-20-11-16(10-19(24)22(20)32-14-21(27)30-3)9-17(12-25)23(28)26-13-15-5-7-18(29-2)8-6-15/h5-11H,4,13-14H2,1-3H3,(H,26,28)/b17-9-. The zero-order valence-electron chi connectivity index (χ0n) is 17.9. The second-order valence-corrected chi connectivity index (χ2v) is 7.18. The van der Waals surface area contributed by atoms with Gasteiger partial charge in [0.25, 0.3) is 5.91 Å². The summed E-state index contributed by atoms with van der Waals surface area (Å²) in [7, 11) is 2.84. The fourth-order valence-corrected chi connectivity index (χ4v) is 3.17. The van der Waals surface area contributed by atoms with Crippen molar-refractivity contribution in [3.63, 3.8) is 0 Å². The van der Waals surface area contributed by atoms with Crippen molar-refractivity contribution in [1.29, 1.82) is 5.26 Å². The van der Waals surface area contributed by atoms with E-state index in [0.29, 0.717) is 33.9 Å². The van der Waals surface area contributed by atoms with Gasteiger partial charge >= 0.3 is 5.97 Å². The SMILES string of the molecule is CCOc1cc(/C=C(/C#N)C(=O)NCc2ccc(OC)cc2)cc(Br)c1OCC(=O)OC. The second-order valence-electron chi connectivity index (χ2n) is 6.33. The third-order valence-corrected chi connectivity index (χ3v) is 4.77. The van der Waals surface area contributed by atoms with Gasteiger partial charge in [-0.1, -0.05) is 12.1 Å². The molecule has 32 heavy (non-hydrogen) atoms. The lowest BCUT2D eigenvalue weighted by molar-refractivity contribution is -0.143. The average molecular weight is 503 g/mol. The predicted molar refractivity (Wildman–Crippen MR) is 121 cm³/mol. The quantitative estimate of drug-likeness (QED) is 0.300. The first-order valence-electron chi connectivity index (χ1n) is 9.60. The van der Waals surface area contributed by atoms with Gasteiger partial charge in [-0.3, -0.25) is 4.79 Å². The number of nitrogens with one attached hydrogen (secondary N) is 1. The van der Waals surface area contributed by atoms with Crippen molar-refractivity contribution in [3.05, 3.63) is 57.6 Å². The van der Waals surface area contributed by atoms with Gasteiger partial charge in [0.05, 0.1) is 25.3 Å². The fourth-order valence-electron chi connectivity index (χ4n) is 2.60. The van der Waals surface area contributed by atoms with E-state index in [9.17, 15) is 14.9 Å². The van der Waals surface area contributed by atoms with Crippen molar-refractivity contribution in [2.24, 2.45) is 0 Å². The number of hydrogen-bond donors (Lipinski definition) is 1. The molecule has 0 bridgehead atoms. The maximum absolute atomic E-state index is 12.5. The van der Waals surface area contributed by atoms with Crippen LogP contribution >= 0.6 is 15.9 Å². The number of carbonyl (C=O) groups is 2. The van der Waals surface area contributed by atoms with Gasteiger partial charge in [-0.25, -0.2) is 4.79 Å². The second kappa shape index (κ2) is 12.4. The molecule has 2 rings (SSSR count). The maximum atomic E-state index is 12.5. The Bertz CT molecular complexity index is 1030. The number of hydrogen-bond acceptors (Lipinski definition) is 7. The average Bonchev–Trinajstić information content (AvgIpc) is 2.80. The first-order valence-corrected chi connectivity index (χ1v) is 10.4. The molecule has 0 aliphatic rings. The van der Waals surface area contributed by atoms with E-state index in [1.165, 1.54) is 13.2 Å². The Morgan fingerprint density at radius 3 is 2.47 bits per heavy atom. The summed E-state index contributed by atoms with van der Waals surface area (Å²) >= 11 is 3.38. The van der Waals surface area contributed by atoms with Gasteiger partial charge in [0.1, 0.15) is 17.4 Å². The molecule has 168 valence electrons. The molecule has 0 radical (unpaired) electrons. The summed E-state index contributed by atoms with van der Waals surface area (Å²) in [6.45, 7) is 2.12. The molecule has 2 aromatic carbocycles. The van der Waals surface area contributed by atoms with E-state index in [2.05, 4.69) is 26.0 Å². The van der Waals surface area contributed by atoms with Gasteiger partial charge in [-0.15, -0.1) is 0 Å². The largest absolute Gasteiger partial charge is 0.497 e. The van der Waals surface area contributed by atoms with Gasteiger partial charge in [0, 0.05) is 6.54 Å². The lowest BCUT2D eigenvalue weighted by Crippen LogP contribution is -2.23. The first-order chi connectivity index (χ1) is 15.4. The van der Waals surface area contributed by atoms with Gasteiger partial charge < -0.3 is 24.3 Å². The topological polar surface area (TPSA) is 107 Å². The van der Waals surface area contributed by atoms with E-state index >= 15 is 0 Å². The van der Waals surface area contributed by atoms with E-state index in [4.69, 9.17) is 14.2 Å². The number of methoxy groups -OCH3 is 2. The Hall–Kier alpha value is -3.51. The van der Waals surface area contributed by atoms with Crippen LogP contribution in [0.4, 0.5) is 0 Å². The van der Waals surface area contributed by atoms with E-state index in [1.807, 2.05) is 18.2 Å². The van der Waals surface area contributed by atoms with Crippen molar-refractivity contribution < 1.29 is 28.5 Å². The molecule has 0 saturated heterocycles. The summed E-state index contributed by atoms with van der Waals surface area (Å²) in [4.78, 5) is 23.9. The first kappa shape index (κ1) is 24.8. The van der Waals surface area contributed by atoms with Crippen LogP contribution in [0, 0.1) is 11.3 Å². The number of rotatable bonds is 10. The smallest absolute Gasteiger partial charge is 0.343 e.